The van der Waals surface area contributed by atoms with Crippen molar-refractivity contribution in [3.63, 3.8) is 0 Å². The van der Waals surface area contributed by atoms with Gasteiger partial charge in [-0.15, -0.1) is 0 Å². The molecule has 0 aliphatic heterocycles. The highest BCUT2D eigenvalue weighted by Crippen LogP contribution is 2.23. The first-order valence-electron chi connectivity index (χ1n) is 5.80. The number of hydrogen-bond donors (Lipinski definition) is 2. The fourth-order valence-corrected chi connectivity index (χ4v) is 2.00. The van der Waals surface area contributed by atoms with Crippen LogP contribution in [0.5, 0.6) is 0 Å². The average molecular weight is 349 g/mol. The van der Waals surface area contributed by atoms with Gasteiger partial charge in [-0.2, -0.15) is 0 Å². The molecule has 0 saturated heterocycles. The van der Waals surface area contributed by atoms with Gasteiger partial charge in [-0.1, -0.05) is 25.4 Å². The number of rotatable bonds is 5. The fraction of sp³-hybridized carbons (Fsp3) is 0.385. The van der Waals surface area contributed by atoms with E-state index in [4.69, 9.17) is 16.7 Å². The normalized spacial score (nSPS) is 12.3. The standard InChI is InChI=1S/C13H15BrClNO3/c1-7(2)5-11(13(18)19)16-12(17)8-3-4-9(14)10(15)6-8/h3-4,6-7,11H,5H2,1-2H3,(H,16,17)(H,18,19)/t11-/m0/s1. The molecule has 1 amide bonds. The number of aliphatic carboxylic acids is 1. The van der Waals surface area contributed by atoms with Crippen LogP contribution in [0.1, 0.15) is 30.6 Å². The van der Waals surface area contributed by atoms with Crippen molar-refractivity contribution in [2.75, 3.05) is 0 Å². The SMILES string of the molecule is CC(C)C[C@H](NC(=O)c1ccc(Br)c(Cl)c1)C(=O)O. The van der Waals surface area contributed by atoms with Gasteiger partial charge >= 0.3 is 5.97 Å². The van der Waals surface area contributed by atoms with Gasteiger partial charge in [0.15, 0.2) is 0 Å². The van der Waals surface area contributed by atoms with Crippen LogP contribution in [0, 0.1) is 5.92 Å². The van der Waals surface area contributed by atoms with Crippen molar-refractivity contribution < 1.29 is 14.7 Å². The zero-order valence-electron chi connectivity index (χ0n) is 10.6. The van der Waals surface area contributed by atoms with E-state index in [2.05, 4.69) is 21.2 Å². The second kappa shape index (κ2) is 6.91. The van der Waals surface area contributed by atoms with Gasteiger partial charge in [-0.25, -0.2) is 4.79 Å². The molecule has 4 nitrogen and oxygen atoms in total. The Hall–Kier alpha value is -1.07. The molecular formula is C13H15BrClNO3. The lowest BCUT2D eigenvalue weighted by molar-refractivity contribution is -0.139. The van der Waals surface area contributed by atoms with E-state index in [0.29, 0.717) is 21.5 Å². The van der Waals surface area contributed by atoms with Gasteiger partial charge in [-0.3, -0.25) is 4.79 Å². The van der Waals surface area contributed by atoms with Crippen LogP contribution in [-0.2, 0) is 4.79 Å². The molecule has 0 bridgehead atoms. The summed E-state index contributed by atoms with van der Waals surface area (Å²) in [4.78, 5) is 23.0. The minimum atomic E-state index is -1.04. The van der Waals surface area contributed by atoms with E-state index in [1.807, 2.05) is 13.8 Å². The lowest BCUT2D eigenvalue weighted by atomic mass is 10.0. The third-order valence-corrected chi connectivity index (χ3v) is 3.72. The van der Waals surface area contributed by atoms with Crippen molar-refractivity contribution in [1.82, 2.24) is 5.32 Å². The first-order chi connectivity index (χ1) is 8.81. The van der Waals surface area contributed by atoms with Crippen LogP contribution in [0.2, 0.25) is 5.02 Å². The summed E-state index contributed by atoms with van der Waals surface area (Å²) in [5.74, 6) is -1.30. The van der Waals surface area contributed by atoms with E-state index < -0.39 is 17.9 Å². The maximum Gasteiger partial charge on any atom is 0.326 e. The van der Waals surface area contributed by atoms with Crippen molar-refractivity contribution in [3.8, 4) is 0 Å². The Kier molecular flexibility index (Phi) is 5.82. The Morgan fingerprint density at radius 1 is 1.42 bits per heavy atom. The van der Waals surface area contributed by atoms with Crippen molar-refractivity contribution in [2.45, 2.75) is 26.3 Å². The Morgan fingerprint density at radius 3 is 2.53 bits per heavy atom. The zero-order chi connectivity index (χ0) is 14.6. The summed E-state index contributed by atoms with van der Waals surface area (Å²) in [6.07, 6.45) is 0.380. The van der Waals surface area contributed by atoms with Gasteiger partial charge in [-0.05, 0) is 46.5 Å². The number of amides is 1. The predicted molar refractivity (Wildman–Crippen MR) is 77.5 cm³/mol. The lowest BCUT2D eigenvalue weighted by Crippen LogP contribution is -2.41. The second-order valence-electron chi connectivity index (χ2n) is 4.62. The molecule has 2 N–H and O–H groups in total. The van der Waals surface area contributed by atoms with Crippen LogP contribution in [0.15, 0.2) is 22.7 Å². The van der Waals surface area contributed by atoms with Crippen molar-refractivity contribution in [2.24, 2.45) is 5.92 Å². The number of carbonyl (C=O) groups is 2. The van der Waals surface area contributed by atoms with Crippen LogP contribution in [0.3, 0.4) is 0 Å². The Labute approximate surface area is 125 Å². The summed E-state index contributed by atoms with van der Waals surface area (Å²) in [7, 11) is 0. The molecule has 0 radical (unpaired) electrons. The summed E-state index contributed by atoms with van der Waals surface area (Å²) < 4.78 is 0.683. The monoisotopic (exact) mass is 347 g/mol. The molecule has 1 rings (SSSR count). The third kappa shape index (κ3) is 4.84. The Morgan fingerprint density at radius 2 is 2.05 bits per heavy atom. The van der Waals surface area contributed by atoms with Gasteiger partial charge in [0, 0.05) is 10.0 Å². The summed E-state index contributed by atoms with van der Waals surface area (Å²) in [6.45, 7) is 3.80. The molecule has 1 aromatic carbocycles. The minimum absolute atomic E-state index is 0.176. The highest BCUT2D eigenvalue weighted by atomic mass is 79.9. The number of hydrogen-bond acceptors (Lipinski definition) is 2. The first kappa shape index (κ1) is 16.0. The van der Waals surface area contributed by atoms with E-state index >= 15 is 0 Å². The molecule has 0 aliphatic carbocycles. The molecule has 0 heterocycles. The quantitative estimate of drug-likeness (QED) is 0.857. The number of nitrogens with one attached hydrogen (secondary N) is 1. The van der Waals surface area contributed by atoms with E-state index in [1.54, 1.807) is 12.1 Å². The van der Waals surface area contributed by atoms with Crippen molar-refractivity contribution >= 4 is 39.4 Å². The molecular weight excluding hydrogens is 334 g/mol. The topological polar surface area (TPSA) is 66.4 Å². The molecule has 104 valence electrons. The minimum Gasteiger partial charge on any atom is -0.480 e. The largest absolute Gasteiger partial charge is 0.480 e. The van der Waals surface area contributed by atoms with Crippen LogP contribution in [0.25, 0.3) is 0 Å². The van der Waals surface area contributed by atoms with Crippen LogP contribution >= 0.6 is 27.5 Å². The van der Waals surface area contributed by atoms with E-state index in [1.165, 1.54) is 6.07 Å². The number of carboxylic acid groups (broad SMARTS) is 1. The summed E-state index contributed by atoms with van der Waals surface area (Å²) in [5, 5.41) is 12.0. The van der Waals surface area contributed by atoms with E-state index in [9.17, 15) is 9.59 Å². The van der Waals surface area contributed by atoms with E-state index in [0.717, 1.165) is 0 Å². The summed E-state index contributed by atoms with van der Waals surface area (Å²) >= 11 is 9.13. The smallest absolute Gasteiger partial charge is 0.326 e. The van der Waals surface area contributed by atoms with Gasteiger partial charge in [0.2, 0.25) is 0 Å². The maximum absolute atomic E-state index is 12.0. The first-order valence-corrected chi connectivity index (χ1v) is 6.97. The fourth-order valence-electron chi connectivity index (χ4n) is 1.57. The molecule has 6 heteroatoms. The molecule has 0 fully saturated rings. The summed E-state index contributed by atoms with van der Waals surface area (Å²) in [5.41, 5.74) is 0.336. The average Bonchev–Trinajstić information content (AvgIpc) is 2.31. The van der Waals surface area contributed by atoms with Gasteiger partial charge in [0.05, 0.1) is 5.02 Å². The Bertz CT molecular complexity index is 491. The Balaban J connectivity index is 2.81. The highest BCUT2D eigenvalue weighted by molar-refractivity contribution is 9.10. The number of benzene rings is 1. The van der Waals surface area contributed by atoms with Crippen molar-refractivity contribution in [3.05, 3.63) is 33.3 Å². The van der Waals surface area contributed by atoms with Gasteiger partial charge < -0.3 is 10.4 Å². The number of halogens is 2. The molecule has 0 aliphatic rings. The zero-order valence-corrected chi connectivity index (χ0v) is 13.0. The molecule has 0 unspecified atom stereocenters. The lowest BCUT2D eigenvalue weighted by Gasteiger charge is -2.16. The molecule has 0 aromatic heterocycles. The van der Waals surface area contributed by atoms with Crippen molar-refractivity contribution in [1.29, 1.82) is 0 Å². The number of carbonyl (C=O) groups excluding carboxylic acids is 1. The second-order valence-corrected chi connectivity index (χ2v) is 5.88. The van der Waals surface area contributed by atoms with Crippen LogP contribution in [0.4, 0.5) is 0 Å². The van der Waals surface area contributed by atoms with Crippen LogP contribution < -0.4 is 5.32 Å². The molecule has 0 saturated carbocycles. The van der Waals surface area contributed by atoms with Gasteiger partial charge in [0.25, 0.3) is 5.91 Å². The predicted octanol–water partition coefficient (Wildman–Crippen LogP) is 3.33. The number of carboxylic acids is 1. The third-order valence-electron chi connectivity index (χ3n) is 2.49. The summed E-state index contributed by atoms with van der Waals surface area (Å²) in [6, 6.07) is 3.83. The highest BCUT2D eigenvalue weighted by Gasteiger charge is 2.21. The molecule has 1 atom stereocenters. The maximum atomic E-state index is 12.0. The molecule has 0 spiro atoms. The van der Waals surface area contributed by atoms with Gasteiger partial charge in [0.1, 0.15) is 6.04 Å². The molecule has 19 heavy (non-hydrogen) atoms. The molecule has 1 aromatic rings. The van der Waals surface area contributed by atoms with E-state index in [-0.39, 0.29) is 5.92 Å². The van der Waals surface area contributed by atoms with Crippen LogP contribution in [-0.4, -0.2) is 23.0 Å².